The van der Waals surface area contributed by atoms with Crippen molar-refractivity contribution in [3.05, 3.63) is 68.8 Å². The summed E-state index contributed by atoms with van der Waals surface area (Å²) in [5.41, 5.74) is 0.114. The van der Waals surface area contributed by atoms with Crippen LogP contribution in [0.15, 0.2) is 47.5 Å². The maximum absolute atomic E-state index is 13.8. The number of methoxy groups -OCH3 is 1. The Morgan fingerprint density at radius 3 is 2.70 bits per heavy atom. The van der Waals surface area contributed by atoms with Gasteiger partial charge in [-0.3, -0.25) is 19.7 Å². The third kappa shape index (κ3) is 3.75. The van der Waals surface area contributed by atoms with Crippen LogP contribution >= 0.6 is 11.3 Å². The molecule has 1 amide bonds. The molecule has 10 heteroatoms. The highest BCUT2D eigenvalue weighted by molar-refractivity contribution is 7.16. The number of non-ortho nitro benzene ring substituents is 1. The van der Waals surface area contributed by atoms with E-state index in [0.29, 0.717) is 10.2 Å². The van der Waals surface area contributed by atoms with E-state index in [2.05, 4.69) is 9.73 Å². The molecule has 0 atom stereocenters. The van der Waals surface area contributed by atoms with Crippen molar-refractivity contribution >= 4 is 39.1 Å². The minimum atomic E-state index is -0.826. The first-order chi connectivity index (χ1) is 12.9. The molecule has 1 aromatic heterocycles. The number of hydrogen-bond acceptors (Lipinski definition) is 6. The Morgan fingerprint density at radius 1 is 1.30 bits per heavy atom. The van der Waals surface area contributed by atoms with Gasteiger partial charge in [-0.25, -0.2) is 4.39 Å². The van der Waals surface area contributed by atoms with E-state index in [1.54, 1.807) is 0 Å². The molecule has 3 rings (SSSR count). The molecule has 138 valence electrons. The van der Waals surface area contributed by atoms with E-state index in [9.17, 15) is 24.1 Å². The molecule has 0 aliphatic heterocycles. The standard InChI is InChI=1S/C17H12FN3O5S/c1-26-15(22)9-20-13-7-6-10(21(24)25)8-14(13)27-17(20)19-16(23)11-4-2-3-5-12(11)18/h2-8H,9H2,1H3. The lowest BCUT2D eigenvalue weighted by atomic mass is 10.2. The van der Waals surface area contributed by atoms with E-state index in [1.165, 1.54) is 48.1 Å². The largest absolute Gasteiger partial charge is 0.468 e. The van der Waals surface area contributed by atoms with E-state index in [4.69, 9.17) is 0 Å². The van der Waals surface area contributed by atoms with Crippen molar-refractivity contribution in [2.75, 3.05) is 7.11 Å². The molecule has 3 aromatic rings. The van der Waals surface area contributed by atoms with Gasteiger partial charge in [-0.15, -0.1) is 0 Å². The minimum Gasteiger partial charge on any atom is -0.468 e. The lowest BCUT2D eigenvalue weighted by Crippen LogP contribution is -2.22. The van der Waals surface area contributed by atoms with Crippen LogP contribution in [0.3, 0.4) is 0 Å². The van der Waals surface area contributed by atoms with Crippen LogP contribution in [0, 0.1) is 15.9 Å². The van der Waals surface area contributed by atoms with Crippen LogP contribution in [0.2, 0.25) is 0 Å². The van der Waals surface area contributed by atoms with Gasteiger partial charge in [0.2, 0.25) is 0 Å². The lowest BCUT2D eigenvalue weighted by Gasteiger charge is -2.03. The highest BCUT2D eigenvalue weighted by Crippen LogP contribution is 2.23. The molecular formula is C17H12FN3O5S. The summed E-state index contributed by atoms with van der Waals surface area (Å²) in [5.74, 6) is -2.14. The Balaban J connectivity index is 2.19. The van der Waals surface area contributed by atoms with Gasteiger partial charge in [0.25, 0.3) is 11.6 Å². The van der Waals surface area contributed by atoms with Gasteiger partial charge in [0.05, 0.1) is 27.8 Å². The Morgan fingerprint density at radius 2 is 2.04 bits per heavy atom. The highest BCUT2D eigenvalue weighted by atomic mass is 32.1. The van der Waals surface area contributed by atoms with Crippen molar-refractivity contribution in [3.63, 3.8) is 0 Å². The normalized spacial score (nSPS) is 11.6. The van der Waals surface area contributed by atoms with E-state index >= 15 is 0 Å². The number of rotatable bonds is 4. The van der Waals surface area contributed by atoms with Crippen LogP contribution < -0.4 is 4.80 Å². The first-order valence-electron chi connectivity index (χ1n) is 7.59. The summed E-state index contributed by atoms with van der Waals surface area (Å²) < 4.78 is 20.3. The summed E-state index contributed by atoms with van der Waals surface area (Å²) in [6, 6.07) is 9.44. The van der Waals surface area contributed by atoms with Gasteiger partial charge in [0.15, 0.2) is 4.80 Å². The first-order valence-corrected chi connectivity index (χ1v) is 8.40. The number of thiazole rings is 1. The Labute approximate surface area is 155 Å². The molecule has 0 spiro atoms. The van der Waals surface area contributed by atoms with Crippen molar-refractivity contribution in [1.82, 2.24) is 4.57 Å². The molecule has 2 aromatic carbocycles. The summed E-state index contributed by atoms with van der Waals surface area (Å²) in [5, 5.41) is 11.0. The number of nitro groups is 1. The van der Waals surface area contributed by atoms with Crippen LogP contribution in [0.25, 0.3) is 10.2 Å². The van der Waals surface area contributed by atoms with Crippen molar-refractivity contribution < 1.29 is 23.6 Å². The van der Waals surface area contributed by atoms with Crippen molar-refractivity contribution in [3.8, 4) is 0 Å². The summed E-state index contributed by atoms with van der Waals surface area (Å²) in [6.07, 6.45) is 0. The molecule has 8 nitrogen and oxygen atoms in total. The second-order valence-corrected chi connectivity index (χ2v) is 6.36. The van der Waals surface area contributed by atoms with Gasteiger partial charge in [-0.2, -0.15) is 4.99 Å². The number of ether oxygens (including phenoxy) is 1. The minimum absolute atomic E-state index is 0.101. The summed E-state index contributed by atoms with van der Waals surface area (Å²) in [4.78, 5) is 38.5. The van der Waals surface area contributed by atoms with Crippen LogP contribution in [0.4, 0.5) is 10.1 Å². The Kier molecular flexibility index (Phi) is 5.08. The predicted octanol–water partition coefficient (Wildman–Crippen LogP) is 2.66. The average molecular weight is 389 g/mol. The molecule has 0 radical (unpaired) electrons. The number of esters is 1. The van der Waals surface area contributed by atoms with Crippen LogP contribution in [0.5, 0.6) is 0 Å². The fraction of sp³-hybridized carbons (Fsp3) is 0.118. The number of nitro benzene ring substituents is 1. The number of fused-ring (bicyclic) bond motifs is 1. The quantitative estimate of drug-likeness (QED) is 0.388. The number of hydrogen-bond donors (Lipinski definition) is 0. The number of amides is 1. The lowest BCUT2D eigenvalue weighted by molar-refractivity contribution is -0.384. The second kappa shape index (κ2) is 7.46. The fourth-order valence-electron chi connectivity index (χ4n) is 2.39. The highest BCUT2D eigenvalue weighted by Gasteiger charge is 2.16. The maximum atomic E-state index is 13.8. The summed E-state index contributed by atoms with van der Waals surface area (Å²) in [7, 11) is 1.21. The monoisotopic (exact) mass is 389 g/mol. The topological polar surface area (TPSA) is 104 Å². The zero-order valence-corrected chi connectivity index (χ0v) is 14.7. The van der Waals surface area contributed by atoms with Crippen LogP contribution in [0.1, 0.15) is 10.4 Å². The zero-order chi connectivity index (χ0) is 19.6. The molecule has 27 heavy (non-hydrogen) atoms. The summed E-state index contributed by atoms with van der Waals surface area (Å²) in [6.45, 7) is -0.252. The summed E-state index contributed by atoms with van der Waals surface area (Å²) >= 11 is 0.978. The van der Waals surface area contributed by atoms with E-state index < -0.39 is 22.6 Å². The van der Waals surface area contributed by atoms with Gasteiger partial charge < -0.3 is 9.30 Å². The van der Waals surface area contributed by atoms with Gasteiger partial charge in [0.1, 0.15) is 12.4 Å². The molecule has 0 saturated carbocycles. The molecule has 0 bridgehead atoms. The SMILES string of the molecule is COC(=O)Cn1c(=NC(=O)c2ccccc2F)sc2cc([N+](=O)[O-])ccc21. The molecular weight excluding hydrogens is 377 g/mol. The number of carbonyl (C=O) groups is 2. The van der Waals surface area contributed by atoms with Gasteiger partial charge in [-0.05, 0) is 18.2 Å². The number of halogens is 1. The number of nitrogens with zero attached hydrogens (tertiary/aromatic N) is 3. The van der Waals surface area contributed by atoms with E-state index in [0.717, 1.165) is 17.4 Å². The van der Waals surface area contributed by atoms with Crippen molar-refractivity contribution in [2.45, 2.75) is 6.54 Å². The number of aromatic nitrogens is 1. The smallest absolute Gasteiger partial charge is 0.325 e. The van der Waals surface area contributed by atoms with Gasteiger partial charge in [0, 0.05) is 12.1 Å². The van der Waals surface area contributed by atoms with Crippen LogP contribution in [-0.2, 0) is 16.1 Å². The molecule has 0 fully saturated rings. The molecule has 0 N–H and O–H groups in total. The van der Waals surface area contributed by atoms with Crippen LogP contribution in [-0.4, -0.2) is 28.5 Å². The predicted molar refractivity (Wildman–Crippen MR) is 94.8 cm³/mol. The van der Waals surface area contributed by atoms with E-state index in [1.807, 2.05) is 0 Å². The van der Waals surface area contributed by atoms with Gasteiger partial charge >= 0.3 is 5.97 Å². The third-order valence-electron chi connectivity index (χ3n) is 3.69. The number of benzene rings is 2. The average Bonchev–Trinajstić information content (AvgIpc) is 2.98. The second-order valence-electron chi connectivity index (χ2n) is 5.35. The van der Waals surface area contributed by atoms with Crippen molar-refractivity contribution in [2.24, 2.45) is 4.99 Å². The molecule has 0 unspecified atom stereocenters. The zero-order valence-electron chi connectivity index (χ0n) is 13.9. The third-order valence-corrected chi connectivity index (χ3v) is 4.73. The number of carbonyl (C=O) groups excluding carboxylic acids is 2. The molecule has 0 saturated heterocycles. The maximum Gasteiger partial charge on any atom is 0.325 e. The van der Waals surface area contributed by atoms with Crippen molar-refractivity contribution in [1.29, 1.82) is 0 Å². The van der Waals surface area contributed by atoms with Gasteiger partial charge in [-0.1, -0.05) is 23.5 Å². The van der Waals surface area contributed by atoms with E-state index in [-0.39, 0.29) is 22.6 Å². The fourth-order valence-corrected chi connectivity index (χ4v) is 3.45. The molecule has 1 heterocycles. The molecule has 0 aliphatic carbocycles. The first kappa shape index (κ1) is 18.4. The Bertz CT molecular complexity index is 1140. The molecule has 0 aliphatic rings. The Hall–Kier alpha value is -3.40.